The van der Waals surface area contributed by atoms with Crippen molar-refractivity contribution in [3.05, 3.63) is 41.4 Å². The summed E-state index contributed by atoms with van der Waals surface area (Å²) < 4.78 is 5.41. The van der Waals surface area contributed by atoms with Gasteiger partial charge in [-0.1, -0.05) is 6.07 Å². The van der Waals surface area contributed by atoms with Crippen molar-refractivity contribution in [1.29, 1.82) is 0 Å². The monoisotopic (exact) mass is 203 g/mol. The summed E-state index contributed by atoms with van der Waals surface area (Å²) in [6.45, 7) is 3.93. The molecule has 15 heavy (non-hydrogen) atoms. The number of pyridine rings is 1. The number of carbonyl (C=O) groups is 1. The minimum Gasteiger partial charge on any atom is -0.497 e. The summed E-state index contributed by atoms with van der Waals surface area (Å²) in [6.07, 6.45) is 1.74. The van der Waals surface area contributed by atoms with Crippen LogP contribution in [0.3, 0.4) is 0 Å². The number of carbonyl (C=O) groups excluding carboxylic acids is 1. The van der Waals surface area contributed by atoms with Gasteiger partial charge in [0.2, 0.25) is 0 Å². The van der Waals surface area contributed by atoms with Crippen molar-refractivity contribution in [3.63, 3.8) is 0 Å². The molecule has 1 aliphatic heterocycles. The topological polar surface area (TPSA) is 39.2 Å². The third-order valence-electron chi connectivity index (χ3n) is 2.62. The number of nitrogens with zero attached hydrogens (tertiary/aromatic N) is 1. The van der Waals surface area contributed by atoms with Gasteiger partial charge in [-0.15, -0.1) is 0 Å². The van der Waals surface area contributed by atoms with Crippen LogP contribution in [0.15, 0.2) is 35.7 Å². The summed E-state index contributed by atoms with van der Waals surface area (Å²) in [5.74, 6) is 0.808. The van der Waals surface area contributed by atoms with E-state index in [9.17, 15) is 4.79 Å². The lowest BCUT2D eigenvalue weighted by Crippen LogP contribution is -2.09. The van der Waals surface area contributed by atoms with Crippen LogP contribution in [-0.2, 0) is 9.53 Å². The molecule has 0 unspecified atom stereocenters. The van der Waals surface area contributed by atoms with Crippen LogP contribution >= 0.6 is 0 Å². The van der Waals surface area contributed by atoms with Crippen LogP contribution in [-0.4, -0.2) is 17.4 Å². The van der Waals surface area contributed by atoms with Crippen LogP contribution in [0.25, 0.3) is 0 Å². The average Bonchev–Trinajstić information content (AvgIpc) is 2.61. The van der Waals surface area contributed by atoms with Crippen LogP contribution in [0.1, 0.15) is 25.5 Å². The molecule has 0 radical (unpaired) electrons. The Bertz CT molecular complexity index is 409. The van der Waals surface area contributed by atoms with E-state index in [1.165, 1.54) is 0 Å². The molecule has 0 spiro atoms. The van der Waals surface area contributed by atoms with Gasteiger partial charge in [-0.3, -0.25) is 9.78 Å². The standard InChI is InChI=1S/C12H13NO2/c1-8(14)12-9(2)15-7-10(12)11-5-3-4-6-13-11/h3-6,10H,7H2,1-2H3/t10-/m1/s1. The second kappa shape index (κ2) is 3.85. The Labute approximate surface area is 88.8 Å². The van der Waals surface area contributed by atoms with Gasteiger partial charge in [0, 0.05) is 11.8 Å². The predicted molar refractivity (Wildman–Crippen MR) is 56.3 cm³/mol. The highest BCUT2D eigenvalue weighted by molar-refractivity contribution is 5.95. The highest BCUT2D eigenvalue weighted by atomic mass is 16.5. The molecular formula is C12H13NO2. The van der Waals surface area contributed by atoms with Gasteiger partial charge in [-0.05, 0) is 26.0 Å². The van der Waals surface area contributed by atoms with Crippen molar-refractivity contribution in [1.82, 2.24) is 4.98 Å². The zero-order chi connectivity index (χ0) is 10.8. The Morgan fingerprint density at radius 1 is 1.53 bits per heavy atom. The minimum atomic E-state index is 0.00343. The molecule has 0 amide bonds. The molecular weight excluding hydrogens is 190 g/mol. The fourth-order valence-electron chi connectivity index (χ4n) is 1.92. The summed E-state index contributed by atoms with van der Waals surface area (Å²) in [5, 5.41) is 0. The second-order valence-electron chi connectivity index (χ2n) is 3.64. The van der Waals surface area contributed by atoms with Crippen LogP contribution in [0.2, 0.25) is 0 Å². The SMILES string of the molecule is CC(=O)C1=C(C)OC[C@@H]1c1ccccn1. The number of allylic oxidation sites excluding steroid dienone is 1. The Hall–Kier alpha value is -1.64. The summed E-state index contributed by atoms with van der Waals surface area (Å²) >= 11 is 0. The van der Waals surface area contributed by atoms with Crippen molar-refractivity contribution in [2.24, 2.45) is 0 Å². The molecule has 78 valence electrons. The number of hydrogen-bond donors (Lipinski definition) is 0. The van der Waals surface area contributed by atoms with Gasteiger partial charge in [0.05, 0.1) is 11.6 Å². The molecule has 3 heteroatoms. The molecule has 1 aromatic heterocycles. The van der Waals surface area contributed by atoms with Crippen LogP contribution in [0, 0.1) is 0 Å². The summed E-state index contributed by atoms with van der Waals surface area (Å²) in [4.78, 5) is 15.7. The molecule has 0 fully saturated rings. The second-order valence-corrected chi connectivity index (χ2v) is 3.64. The van der Waals surface area contributed by atoms with E-state index in [4.69, 9.17) is 4.74 Å². The van der Waals surface area contributed by atoms with E-state index in [0.717, 1.165) is 17.0 Å². The fraction of sp³-hybridized carbons (Fsp3) is 0.333. The van der Waals surface area contributed by atoms with E-state index in [1.54, 1.807) is 13.1 Å². The van der Waals surface area contributed by atoms with Gasteiger partial charge in [0.25, 0.3) is 0 Å². The molecule has 1 atom stereocenters. The molecule has 0 bridgehead atoms. The third kappa shape index (κ3) is 1.77. The molecule has 0 saturated carbocycles. The molecule has 0 aliphatic carbocycles. The largest absolute Gasteiger partial charge is 0.497 e. The summed E-state index contributed by atoms with van der Waals surface area (Å²) in [5.41, 5.74) is 1.66. The van der Waals surface area contributed by atoms with E-state index >= 15 is 0 Å². The first-order chi connectivity index (χ1) is 7.20. The van der Waals surface area contributed by atoms with Crippen LogP contribution in [0.5, 0.6) is 0 Å². The molecule has 1 aromatic rings. The van der Waals surface area contributed by atoms with E-state index < -0.39 is 0 Å². The number of ketones is 1. The maximum atomic E-state index is 11.5. The summed E-state index contributed by atoms with van der Waals surface area (Å²) in [6, 6.07) is 5.71. The van der Waals surface area contributed by atoms with Crippen molar-refractivity contribution in [3.8, 4) is 0 Å². The van der Waals surface area contributed by atoms with Crippen molar-refractivity contribution in [2.45, 2.75) is 19.8 Å². The normalized spacial score (nSPS) is 20.3. The van der Waals surface area contributed by atoms with Crippen LogP contribution < -0.4 is 0 Å². The van der Waals surface area contributed by atoms with Crippen LogP contribution in [0.4, 0.5) is 0 Å². The lowest BCUT2D eigenvalue weighted by Gasteiger charge is -2.09. The summed E-state index contributed by atoms with van der Waals surface area (Å²) in [7, 11) is 0. The molecule has 1 aliphatic rings. The first kappa shape index (κ1) is 9.90. The van der Waals surface area contributed by atoms with E-state index in [2.05, 4.69) is 4.98 Å². The molecule has 2 rings (SSSR count). The maximum Gasteiger partial charge on any atom is 0.159 e. The Kier molecular flexibility index (Phi) is 2.54. The first-order valence-corrected chi connectivity index (χ1v) is 4.95. The minimum absolute atomic E-state index is 0.00343. The number of ether oxygens (including phenoxy) is 1. The molecule has 3 nitrogen and oxygen atoms in total. The predicted octanol–water partition coefficient (Wildman–Crippen LogP) is 2.06. The van der Waals surface area contributed by atoms with Gasteiger partial charge < -0.3 is 4.74 Å². The van der Waals surface area contributed by atoms with Gasteiger partial charge in [0.1, 0.15) is 12.4 Å². The number of Topliss-reactive ketones (excluding diaryl/α,β-unsaturated/α-hetero) is 1. The Morgan fingerprint density at radius 2 is 2.33 bits per heavy atom. The van der Waals surface area contributed by atoms with Gasteiger partial charge in [-0.25, -0.2) is 0 Å². The fourth-order valence-corrected chi connectivity index (χ4v) is 1.92. The zero-order valence-electron chi connectivity index (χ0n) is 8.86. The highest BCUT2D eigenvalue weighted by Crippen LogP contribution is 2.32. The van der Waals surface area contributed by atoms with E-state index in [1.807, 2.05) is 25.1 Å². The highest BCUT2D eigenvalue weighted by Gasteiger charge is 2.30. The third-order valence-corrected chi connectivity index (χ3v) is 2.62. The van der Waals surface area contributed by atoms with Gasteiger partial charge >= 0.3 is 0 Å². The van der Waals surface area contributed by atoms with Gasteiger partial charge in [0.15, 0.2) is 5.78 Å². The van der Waals surface area contributed by atoms with Crippen molar-refractivity contribution < 1.29 is 9.53 Å². The van der Waals surface area contributed by atoms with E-state index in [0.29, 0.717) is 6.61 Å². The Morgan fingerprint density at radius 3 is 2.93 bits per heavy atom. The molecule has 0 saturated heterocycles. The zero-order valence-corrected chi connectivity index (χ0v) is 8.86. The van der Waals surface area contributed by atoms with Gasteiger partial charge in [-0.2, -0.15) is 0 Å². The number of aromatic nitrogens is 1. The molecule has 0 N–H and O–H groups in total. The lowest BCUT2D eigenvalue weighted by molar-refractivity contribution is -0.113. The smallest absolute Gasteiger partial charge is 0.159 e. The van der Waals surface area contributed by atoms with Crippen molar-refractivity contribution in [2.75, 3.05) is 6.61 Å². The quantitative estimate of drug-likeness (QED) is 0.738. The Balaban J connectivity index is 2.37. The maximum absolute atomic E-state index is 11.5. The lowest BCUT2D eigenvalue weighted by atomic mass is 9.94. The van der Waals surface area contributed by atoms with E-state index in [-0.39, 0.29) is 11.7 Å². The van der Waals surface area contributed by atoms with Crippen molar-refractivity contribution >= 4 is 5.78 Å². The first-order valence-electron chi connectivity index (χ1n) is 4.95. The number of rotatable bonds is 2. The number of hydrogen-bond acceptors (Lipinski definition) is 3. The molecule has 2 heterocycles. The molecule has 0 aromatic carbocycles. The average molecular weight is 203 g/mol.